The Hall–Kier alpha value is -2.57. The SMILES string of the molecule is CC1CCC(NC(=O)COC(=O)c2ccc(CNC(=O)NC(C)C)cc2)CC1. The van der Waals surface area contributed by atoms with Crippen molar-refractivity contribution >= 4 is 17.9 Å². The van der Waals surface area contributed by atoms with E-state index in [1.807, 2.05) is 13.8 Å². The van der Waals surface area contributed by atoms with Crippen LogP contribution < -0.4 is 16.0 Å². The summed E-state index contributed by atoms with van der Waals surface area (Å²) in [5.74, 6) is -0.0805. The van der Waals surface area contributed by atoms with Gasteiger partial charge in [0.2, 0.25) is 0 Å². The number of hydrogen-bond donors (Lipinski definition) is 3. The highest BCUT2D eigenvalue weighted by Gasteiger charge is 2.20. The molecule has 1 aliphatic carbocycles. The fourth-order valence-electron chi connectivity index (χ4n) is 3.14. The third-order valence-electron chi connectivity index (χ3n) is 4.78. The van der Waals surface area contributed by atoms with Crippen LogP contribution in [0.3, 0.4) is 0 Å². The van der Waals surface area contributed by atoms with Gasteiger partial charge in [-0.2, -0.15) is 0 Å². The maximum atomic E-state index is 12.1. The van der Waals surface area contributed by atoms with Crippen LogP contribution in [-0.2, 0) is 16.1 Å². The van der Waals surface area contributed by atoms with E-state index in [0.29, 0.717) is 18.0 Å². The van der Waals surface area contributed by atoms with Crippen molar-refractivity contribution < 1.29 is 19.1 Å². The van der Waals surface area contributed by atoms with Gasteiger partial charge in [0, 0.05) is 18.6 Å². The van der Waals surface area contributed by atoms with Crippen LogP contribution in [0.25, 0.3) is 0 Å². The second-order valence-electron chi connectivity index (χ2n) is 7.78. The molecular formula is C21H31N3O4. The summed E-state index contributed by atoms with van der Waals surface area (Å²) in [6, 6.07) is 6.75. The van der Waals surface area contributed by atoms with Crippen molar-refractivity contribution in [1.82, 2.24) is 16.0 Å². The molecule has 3 N–H and O–H groups in total. The van der Waals surface area contributed by atoms with Crippen molar-refractivity contribution in [3.05, 3.63) is 35.4 Å². The number of amides is 3. The normalized spacial score (nSPS) is 19.0. The zero-order valence-electron chi connectivity index (χ0n) is 16.9. The van der Waals surface area contributed by atoms with Gasteiger partial charge in [-0.25, -0.2) is 9.59 Å². The van der Waals surface area contributed by atoms with E-state index in [9.17, 15) is 14.4 Å². The second-order valence-corrected chi connectivity index (χ2v) is 7.78. The standard InChI is InChI=1S/C21H31N3O4/c1-14(2)23-21(27)22-12-16-6-8-17(9-7-16)20(26)28-13-19(25)24-18-10-4-15(3)5-11-18/h6-9,14-15,18H,4-5,10-13H2,1-3H3,(H,24,25)(H2,22,23,27). The molecule has 2 rings (SSSR count). The predicted octanol–water partition coefficient (Wildman–Crippen LogP) is 2.75. The van der Waals surface area contributed by atoms with Crippen molar-refractivity contribution in [1.29, 1.82) is 0 Å². The van der Waals surface area contributed by atoms with Gasteiger partial charge in [-0.1, -0.05) is 19.1 Å². The minimum atomic E-state index is -0.538. The van der Waals surface area contributed by atoms with Crippen molar-refractivity contribution in [2.24, 2.45) is 5.92 Å². The van der Waals surface area contributed by atoms with Crippen LogP contribution in [0.4, 0.5) is 4.79 Å². The summed E-state index contributed by atoms with van der Waals surface area (Å²) in [5, 5.41) is 8.41. The molecule has 3 amide bonds. The molecule has 1 aromatic rings. The highest BCUT2D eigenvalue weighted by atomic mass is 16.5. The van der Waals surface area contributed by atoms with E-state index < -0.39 is 5.97 Å². The maximum absolute atomic E-state index is 12.1. The Morgan fingerprint density at radius 2 is 1.71 bits per heavy atom. The number of urea groups is 1. The van der Waals surface area contributed by atoms with Gasteiger partial charge < -0.3 is 20.7 Å². The second kappa shape index (κ2) is 10.7. The topological polar surface area (TPSA) is 96.5 Å². The zero-order valence-corrected chi connectivity index (χ0v) is 16.9. The number of rotatable bonds is 7. The lowest BCUT2D eigenvalue weighted by molar-refractivity contribution is -0.125. The van der Waals surface area contributed by atoms with Crippen LogP contribution in [0.1, 0.15) is 62.4 Å². The lowest BCUT2D eigenvalue weighted by Gasteiger charge is -2.26. The molecule has 0 bridgehead atoms. The highest BCUT2D eigenvalue weighted by Crippen LogP contribution is 2.23. The number of ether oxygens (including phenoxy) is 1. The molecule has 0 aliphatic heterocycles. The molecule has 0 saturated heterocycles. The molecular weight excluding hydrogens is 358 g/mol. The van der Waals surface area contributed by atoms with Gasteiger partial charge in [-0.3, -0.25) is 4.79 Å². The quantitative estimate of drug-likeness (QED) is 0.625. The van der Waals surface area contributed by atoms with Crippen LogP contribution in [0.15, 0.2) is 24.3 Å². The van der Waals surface area contributed by atoms with E-state index in [-0.39, 0.29) is 30.6 Å². The molecule has 1 aliphatic rings. The number of nitrogens with one attached hydrogen (secondary N) is 3. The molecule has 0 radical (unpaired) electrons. The first kappa shape index (κ1) is 21.7. The molecule has 1 fully saturated rings. The Morgan fingerprint density at radius 1 is 1.07 bits per heavy atom. The molecule has 7 heteroatoms. The van der Waals surface area contributed by atoms with Crippen molar-refractivity contribution in [3.63, 3.8) is 0 Å². The minimum absolute atomic E-state index is 0.0658. The fourth-order valence-corrected chi connectivity index (χ4v) is 3.14. The molecule has 28 heavy (non-hydrogen) atoms. The van der Waals surface area contributed by atoms with Gasteiger partial charge in [0.05, 0.1) is 5.56 Å². The summed E-state index contributed by atoms with van der Waals surface area (Å²) in [5.41, 5.74) is 1.23. The average molecular weight is 389 g/mol. The average Bonchev–Trinajstić information content (AvgIpc) is 2.66. The van der Waals surface area contributed by atoms with E-state index in [1.165, 1.54) is 0 Å². The van der Waals surface area contributed by atoms with Crippen LogP contribution in [0.5, 0.6) is 0 Å². The lowest BCUT2D eigenvalue weighted by atomic mass is 9.87. The first-order valence-corrected chi connectivity index (χ1v) is 9.93. The largest absolute Gasteiger partial charge is 0.452 e. The van der Waals surface area contributed by atoms with E-state index in [2.05, 4.69) is 22.9 Å². The summed E-state index contributed by atoms with van der Waals surface area (Å²) in [6.45, 7) is 6.08. The first-order chi connectivity index (χ1) is 13.3. The van der Waals surface area contributed by atoms with Gasteiger partial charge in [0.25, 0.3) is 5.91 Å². The Balaban J connectivity index is 1.72. The van der Waals surface area contributed by atoms with E-state index in [4.69, 9.17) is 4.74 Å². The summed E-state index contributed by atoms with van der Waals surface area (Å²) < 4.78 is 5.10. The first-order valence-electron chi connectivity index (χ1n) is 9.93. The molecule has 0 heterocycles. The monoisotopic (exact) mass is 389 g/mol. The van der Waals surface area contributed by atoms with E-state index >= 15 is 0 Å². The maximum Gasteiger partial charge on any atom is 0.338 e. The Morgan fingerprint density at radius 3 is 2.32 bits per heavy atom. The third kappa shape index (κ3) is 7.58. The summed E-state index contributed by atoms with van der Waals surface area (Å²) in [7, 11) is 0. The molecule has 0 atom stereocenters. The lowest BCUT2D eigenvalue weighted by Crippen LogP contribution is -2.39. The summed E-state index contributed by atoms with van der Waals surface area (Å²) >= 11 is 0. The molecule has 0 unspecified atom stereocenters. The van der Waals surface area contributed by atoms with E-state index in [0.717, 1.165) is 31.2 Å². The third-order valence-corrected chi connectivity index (χ3v) is 4.78. The van der Waals surface area contributed by atoms with Gasteiger partial charge in [-0.05, 0) is 63.1 Å². The summed E-state index contributed by atoms with van der Waals surface area (Å²) in [6.07, 6.45) is 4.19. The number of hydrogen-bond acceptors (Lipinski definition) is 4. The highest BCUT2D eigenvalue weighted by molar-refractivity contribution is 5.91. The van der Waals surface area contributed by atoms with Gasteiger partial charge in [-0.15, -0.1) is 0 Å². The Bertz CT molecular complexity index is 665. The molecule has 0 aromatic heterocycles. The number of esters is 1. The predicted molar refractivity (Wildman–Crippen MR) is 107 cm³/mol. The number of carbonyl (C=O) groups excluding carboxylic acids is 3. The summed E-state index contributed by atoms with van der Waals surface area (Å²) in [4.78, 5) is 35.7. The van der Waals surface area contributed by atoms with Gasteiger partial charge >= 0.3 is 12.0 Å². The van der Waals surface area contributed by atoms with E-state index in [1.54, 1.807) is 24.3 Å². The smallest absolute Gasteiger partial charge is 0.338 e. The number of carbonyl (C=O) groups is 3. The number of benzene rings is 1. The molecule has 1 aromatic carbocycles. The fraction of sp³-hybridized carbons (Fsp3) is 0.571. The molecule has 1 saturated carbocycles. The molecule has 7 nitrogen and oxygen atoms in total. The van der Waals surface area contributed by atoms with Crippen LogP contribution in [0.2, 0.25) is 0 Å². The molecule has 154 valence electrons. The molecule has 0 spiro atoms. The van der Waals surface area contributed by atoms with Crippen LogP contribution >= 0.6 is 0 Å². The zero-order chi connectivity index (χ0) is 20.5. The van der Waals surface area contributed by atoms with Crippen molar-refractivity contribution in [2.45, 2.75) is 65.1 Å². The van der Waals surface area contributed by atoms with Crippen molar-refractivity contribution in [3.8, 4) is 0 Å². The van der Waals surface area contributed by atoms with Gasteiger partial charge in [0.1, 0.15) is 0 Å². The Labute approximate surface area is 166 Å². The Kier molecular flexibility index (Phi) is 8.29. The van der Waals surface area contributed by atoms with Crippen LogP contribution in [0, 0.1) is 5.92 Å². The van der Waals surface area contributed by atoms with Crippen LogP contribution in [-0.4, -0.2) is 36.6 Å². The minimum Gasteiger partial charge on any atom is -0.452 e. The van der Waals surface area contributed by atoms with Crippen molar-refractivity contribution in [2.75, 3.05) is 6.61 Å². The van der Waals surface area contributed by atoms with Gasteiger partial charge in [0.15, 0.2) is 6.61 Å².